The maximum Gasteiger partial charge on any atom is 0.0793 e. The molecule has 0 saturated carbocycles. The van der Waals surface area contributed by atoms with Crippen LogP contribution in [0.3, 0.4) is 0 Å². The smallest absolute Gasteiger partial charge is 0.0793 e. The predicted molar refractivity (Wildman–Crippen MR) is 75.9 cm³/mol. The zero-order valence-corrected chi connectivity index (χ0v) is 11.6. The Morgan fingerprint density at radius 1 is 1.42 bits per heavy atom. The third-order valence-corrected chi connectivity index (χ3v) is 3.36. The lowest BCUT2D eigenvalue weighted by molar-refractivity contribution is 0.0749. The summed E-state index contributed by atoms with van der Waals surface area (Å²) >= 11 is 0. The highest BCUT2D eigenvalue weighted by atomic mass is 16.3. The SMILES string of the molecule is CN(Cc1ccccn1)CC(O)CN1CCNCC1. The summed E-state index contributed by atoms with van der Waals surface area (Å²) in [6.07, 6.45) is 1.51. The molecule has 5 heteroatoms. The maximum atomic E-state index is 10.1. The average Bonchev–Trinajstić information content (AvgIpc) is 2.40. The minimum absolute atomic E-state index is 0.299. The van der Waals surface area contributed by atoms with E-state index in [9.17, 15) is 5.11 Å². The Morgan fingerprint density at radius 2 is 2.21 bits per heavy atom. The van der Waals surface area contributed by atoms with Crippen LogP contribution in [-0.4, -0.2) is 72.3 Å². The van der Waals surface area contributed by atoms with Gasteiger partial charge in [-0.3, -0.25) is 14.8 Å². The summed E-state index contributed by atoms with van der Waals surface area (Å²) in [6, 6.07) is 5.93. The van der Waals surface area contributed by atoms with Crippen molar-refractivity contribution in [3.63, 3.8) is 0 Å². The van der Waals surface area contributed by atoms with Gasteiger partial charge in [-0.15, -0.1) is 0 Å². The molecule has 2 rings (SSSR count). The van der Waals surface area contributed by atoms with Gasteiger partial charge in [-0.2, -0.15) is 0 Å². The fraction of sp³-hybridized carbons (Fsp3) is 0.643. The first-order valence-corrected chi connectivity index (χ1v) is 6.93. The Bertz CT molecular complexity index is 354. The van der Waals surface area contributed by atoms with E-state index in [0.29, 0.717) is 6.54 Å². The van der Waals surface area contributed by atoms with Crippen LogP contribution in [0, 0.1) is 0 Å². The molecule has 1 atom stereocenters. The van der Waals surface area contributed by atoms with Gasteiger partial charge in [-0.25, -0.2) is 0 Å². The van der Waals surface area contributed by atoms with Gasteiger partial charge in [0.05, 0.1) is 11.8 Å². The van der Waals surface area contributed by atoms with E-state index in [2.05, 4.69) is 20.1 Å². The molecule has 1 aliphatic rings. The number of aliphatic hydroxyl groups is 1. The molecule has 1 aliphatic heterocycles. The summed E-state index contributed by atoms with van der Waals surface area (Å²) < 4.78 is 0. The molecule has 106 valence electrons. The number of aromatic nitrogens is 1. The van der Waals surface area contributed by atoms with E-state index in [4.69, 9.17) is 0 Å². The molecule has 1 saturated heterocycles. The van der Waals surface area contributed by atoms with Crippen LogP contribution in [0.4, 0.5) is 0 Å². The van der Waals surface area contributed by atoms with E-state index < -0.39 is 0 Å². The van der Waals surface area contributed by atoms with Crippen molar-refractivity contribution in [3.8, 4) is 0 Å². The second-order valence-electron chi connectivity index (χ2n) is 5.22. The third kappa shape index (κ3) is 5.24. The Kier molecular flexibility index (Phi) is 5.72. The molecule has 0 bridgehead atoms. The first-order valence-electron chi connectivity index (χ1n) is 6.93. The highest BCUT2D eigenvalue weighted by Crippen LogP contribution is 2.02. The highest BCUT2D eigenvalue weighted by Gasteiger charge is 2.15. The molecule has 1 unspecified atom stereocenters. The van der Waals surface area contributed by atoms with E-state index >= 15 is 0 Å². The van der Waals surface area contributed by atoms with Gasteiger partial charge in [0, 0.05) is 52.0 Å². The number of hydrogen-bond donors (Lipinski definition) is 2. The summed E-state index contributed by atoms with van der Waals surface area (Å²) in [4.78, 5) is 8.74. The Balaban J connectivity index is 1.70. The van der Waals surface area contributed by atoms with Crippen molar-refractivity contribution in [2.24, 2.45) is 0 Å². The lowest BCUT2D eigenvalue weighted by Crippen LogP contribution is -2.48. The van der Waals surface area contributed by atoms with Gasteiger partial charge in [0.15, 0.2) is 0 Å². The van der Waals surface area contributed by atoms with Crippen molar-refractivity contribution in [2.75, 3.05) is 46.3 Å². The second-order valence-corrected chi connectivity index (χ2v) is 5.22. The molecule has 0 spiro atoms. The van der Waals surface area contributed by atoms with Gasteiger partial charge in [-0.1, -0.05) is 6.07 Å². The summed E-state index contributed by atoms with van der Waals surface area (Å²) in [5.74, 6) is 0. The van der Waals surface area contributed by atoms with Crippen molar-refractivity contribution in [1.82, 2.24) is 20.1 Å². The molecule has 2 N–H and O–H groups in total. The molecular formula is C14H24N4O. The van der Waals surface area contributed by atoms with Crippen LogP contribution in [0.2, 0.25) is 0 Å². The molecular weight excluding hydrogens is 240 g/mol. The zero-order valence-electron chi connectivity index (χ0n) is 11.6. The van der Waals surface area contributed by atoms with E-state index in [1.54, 1.807) is 6.20 Å². The van der Waals surface area contributed by atoms with Gasteiger partial charge >= 0.3 is 0 Å². The van der Waals surface area contributed by atoms with Crippen molar-refractivity contribution in [3.05, 3.63) is 30.1 Å². The Labute approximate surface area is 115 Å². The van der Waals surface area contributed by atoms with Crippen molar-refractivity contribution in [2.45, 2.75) is 12.6 Å². The number of pyridine rings is 1. The maximum absolute atomic E-state index is 10.1. The Morgan fingerprint density at radius 3 is 2.89 bits per heavy atom. The lowest BCUT2D eigenvalue weighted by Gasteiger charge is -2.30. The normalized spacial score (nSPS) is 18.7. The van der Waals surface area contributed by atoms with Crippen LogP contribution >= 0.6 is 0 Å². The molecule has 2 heterocycles. The monoisotopic (exact) mass is 264 g/mol. The topological polar surface area (TPSA) is 51.6 Å². The van der Waals surface area contributed by atoms with Gasteiger partial charge in [0.1, 0.15) is 0 Å². The van der Waals surface area contributed by atoms with Gasteiger partial charge in [-0.05, 0) is 19.2 Å². The van der Waals surface area contributed by atoms with Crippen molar-refractivity contribution in [1.29, 1.82) is 0 Å². The average molecular weight is 264 g/mol. The quantitative estimate of drug-likeness (QED) is 0.744. The standard InChI is InChI=1S/C14H24N4O/c1-17(10-13-4-2-3-5-16-13)11-14(19)12-18-8-6-15-7-9-18/h2-5,14-15,19H,6-12H2,1H3. The molecule has 1 aromatic rings. The number of rotatable bonds is 6. The second kappa shape index (κ2) is 7.55. The minimum Gasteiger partial charge on any atom is -0.390 e. The largest absolute Gasteiger partial charge is 0.390 e. The molecule has 0 radical (unpaired) electrons. The molecule has 1 fully saturated rings. The molecule has 19 heavy (non-hydrogen) atoms. The summed E-state index contributed by atoms with van der Waals surface area (Å²) in [5.41, 5.74) is 1.04. The van der Waals surface area contributed by atoms with Gasteiger partial charge in [0.2, 0.25) is 0 Å². The Hall–Kier alpha value is -1.01. The number of likely N-dealkylation sites (N-methyl/N-ethyl adjacent to an activating group) is 1. The van der Waals surface area contributed by atoms with E-state index in [0.717, 1.165) is 45.0 Å². The van der Waals surface area contributed by atoms with Gasteiger partial charge < -0.3 is 10.4 Å². The van der Waals surface area contributed by atoms with Crippen molar-refractivity contribution < 1.29 is 5.11 Å². The predicted octanol–water partition coefficient (Wildman–Crippen LogP) is -0.220. The van der Waals surface area contributed by atoms with Gasteiger partial charge in [0.25, 0.3) is 0 Å². The fourth-order valence-electron chi connectivity index (χ4n) is 2.44. The van der Waals surface area contributed by atoms with E-state index in [-0.39, 0.29) is 6.10 Å². The fourth-order valence-corrected chi connectivity index (χ4v) is 2.44. The van der Waals surface area contributed by atoms with Crippen LogP contribution in [0.25, 0.3) is 0 Å². The lowest BCUT2D eigenvalue weighted by atomic mass is 10.2. The number of β-amino-alcohol motifs (C(OH)–C–C–N with tert-alkyl or cyclic N) is 1. The number of nitrogens with one attached hydrogen (secondary N) is 1. The van der Waals surface area contributed by atoms with Crippen LogP contribution in [0.5, 0.6) is 0 Å². The number of hydrogen-bond acceptors (Lipinski definition) is 5. The van der Waals surface area contributed by atoms with Crippen LogP contribution in [-0.2, 0) is 6.54 Å². The molecule has 1 aromatic heterocycles. The first-order chi connectivity index (χ1) is 9.24. The highest BCUT2D eigenvalue weighted by molar-refractivity contribution is 5.03. The number of aliphatic hydroxyl groups excluding tert-OH is 1. The molecule has 0 aliphatic carbocycles. The minimum atomic E-state index is -0.299. The van der Waals surface area contributed by atoms with Crippen LogP contribution in [0.1, 0.15) is 5.69 Å². The summed E-state index contributed by atoms with van der Waals surface area (Å²) in [6.45, 7) is 6.32. The zero-order chi connectivity index (χ0) is 13.5. The molecule has 5 nitrogen and oxygen atoms in total. The first kappa shape index (κ1) is 14.4. The number of nitrogens with zero attached hydrogens (tertiary/aromatic N) is 3. The van der Waals surface area contributed by atoms with E-state index in [1.807, 2.05) is 25.2 Å². The number of piperazine rings is 1. The van der Waals surface area contributed by atoms with E-state index in [1.165, 1.54) is 0 Å². The summed E-state index contributed by atoms with van der Waals surface area (Å²) in [5, 5.41) is 13.4. The summed E-state index contributed by atoms with van der Waals surface area (Å²) in [7, 11) is 2.02. The van der Waals surface area contributed by atoms with Crippen LogP contribution in [0.15, 0.2) is 24.4 Å². The van der Waals surface area contributed by atoms with Crippen LogP contribution < -0.4 is 5.32 Å². The van der Waals surface area contributed by atoms with Crippen molar-refractivity contribution >= 4 is 0 Å². The molecule has 0 amide bonds. The molecule has 0 aromatic carbocycles. The third-order valence-electron chi connectivity index (χ3n) is 3.36.